The van der Waals surface area contributed by atoms with Gasteiger partial charge in [-0.2, -0.15) is 5.11 Å². The first-order valence-electron chi connectivity index (χ1n) is 7.88. The molecule has 1 fully saturated rings. The van der Waals surface area contributed by atoms with Crippen molar-refractivity contribution in [2.24, 2.45) is 10.3 Å². The molecule has 1 saturated heterocycles. The second-order valence-electron chi connectivity index (χ2n) is 6.22. The number of aryl methyl sites for hydroxylation is 2. The van der Waals surface area contributed by atoms with E-state index in [0.717, 1.165) is 10.5 Å². The highest BCUT2D eigenvalue weighted by Gasteiger charge is 2.55. The number of carbonyl (C=O) groups is 2. The van der Waals surface area contributed by atoms with Gasteiger partial charge in [0.15, 0.2) is 12.1 Å². The number of hydrogen-bond donors (Lipinski definition) is 0. The number of rotatable bonds is 2. The lowest BCUT2D eigenvalue weighted by molar-refractivity contribution is -0.121. The van der Waals surface area contributed by atoms with Gasteiger partial charge in [-0.1, -0.05) is 23.4 Å². The van der Waals surface area contributed by atoms with E-state index in [1.54, 1.807) is 25.1 Å². The second-order valence-corrected chi connectivity index (χ2v) is 6.22. The Hall–Kier alpha value is -3.09. The molecular weight excluding hydrogens is 323 g/mol. The predicted octanol–water partition coefficient (Wildman–Crippen LogP) is 2.94. The third-order valence-corrected chi connectivity index (χ3v) is 4.46. The SMILES string of the molecule is Cc1cccc(N2N=NC3C(=O)N(c4ccc(C)c(F)c4)C(=O)C32)c1. The third-order valence-electron chi connectivity index (χ3n) is 4.46. The van der Waals surface area contributed by atoms with Crippen molar-refractivity contribution in [3.63, 3.8) is 0 Å². The van der Waals surface area contributed by atoms with Crippen molar-refractivity contribution in [1.82, 2.24) is 0 Å². The minimum Gasteiger partial charge on any atom is -0.271 e. The summed E-state index contributed by atoms with van der Waals surface area (Å²) in [7, 11) is 0. The Bertz CT molecular complexity index is 927. The van der Waals surface area contributed by atoms with E-state index in [-0.39, 0.29) is 5.69 Å². The molecule has 2 aromatic carbocycles. The van der Waals surface area contributed by atoms with Gasteiger partial charge in [0.05, 0.1) is 11.4 Å². The Kier molecular flexibility index (Phi) is 3.38. The minimum atomic E-state index is -0.905. The zero-order valence-electron chi connectivity index (χ0n) is 13.7. The van der Waals surface area contributed by atoms with E-state index < -0.39 is 29.7 Å². The summed E-state index contributed by atoms with van der Waals surface area (Å²) in [4.78, 5) is 26.5. The van der Waals surface area contributed by atoms with E-state index in [1.165, 1.54) is 11.1 Å². The van der Waals surface area contributed by atoms with E-state index in [2.05, 4.69) is 10.3 Å². The molecular formula is C18H15FN4O2. The Morgan fingerprint density at radius 2 is 1.80 bits per heavy atom. The molecule has 4 rings (SSSR count). The molecule has 126 valence electrons. The molecule has 2 heterocycles. The molecule has 2 aliphatic heterocycles. The van der Waals surface area contributed by atoms with Crippen molar-refractivity contribution >= 4 is 23.2 Å². The van der Waals surface area contributed by atoms with Crippen molar-refractivity contribution in [3.8, 4) is 0 Å². The lowest BCUT2D eigenvalue weighted by Gasteiger charge is -2.21. The maximum atomic E-state index is 13.9. The van der Waals surface area contributed by atoms with E-state index in [1.807, 2.05) is 25.1 Å². The number of carbonyl (C=O) groups excluding carboxylic acids is 2. The van der Waals surface area contributed by atoms with Crippen LogP contribution in [0.4, 0.5) is 15.8 Å². The van der Waals surface area contributed by atoms with Crippen molar-refractivity contribution in [2.45, 2.75) is 25.9 Å². The number of fused-ring (bicyclic) bond motifs is 1. The average Bonchev–Trinajstić information content (AvgIpc) is 3.12. The topological polar surface area (TPSA) is 65.3 Å². The minimum absolute atomic E-state index is 0.215. The van der Waals surface area contributed by atoms with Crippen LogP contribution in [0, 0.1) is 19.7 Å². The van der Waals surface area contributed by atoms with Crippen LogP contribution in [-0.4, -0.2) is 23.9 Å². The third kappa shape index (κ3) is 2.31. The van der Waals surface area contributed by atoms with Crippen LogP contribution >= 0.6 is 0 Å². The maximum absolute atomic E-state index is 13.9. The van der Waals surface area contributed by atoms with Crippen LogP contribution in [-0.2, 0) is 9.59 Å². The van der Waals surface area contributed by atoms with E-state index in [4.69, 9.17) is 0 Å². The maximum Gasteiger partial charge on any atom is 0.263 e. The van der Waals surface area contributed by atoms with Gasteiger partial charge < -0.3 is 0 Å². The molecule has 25 heavy (non-hydrogen) atoms. The Labute approximate surface area is 143 Å². The Balaban J connectivity index is 1.71. The molecule has 7 heteroatoms. The Morgan fingerprint density at radius 1 is 1.00 bits per heavy atom. The van der Waals surface area contributed by atoms with Gasteiger partial charge in [-0.25, -0.2) is 14.3 Å². The summed E-state index contributed by atoms with van der Waals surface area (Å²) < 4.78 is 13.9. The van der Waals surface area contributed by atoms with E-state index >= 15 is 0 Å². The molecule has 2 aromatic rings. The van der Waals surface area contributed by atoms with Crippen molar-refractivity contribution in [1.29, 1.82) is 0 Å². The van der Waals surface area contributed by atoms with Crippen LogP contribution in [0.1, 0.15) is 11.1 Å². The molecule has 2 atom stereocenters. The molecule has 2 amide bonds. The monoisotopic (exact) mass is 338 g/mol. The van der Waals surface area contributed by atoms with Gasteiger partial charge in [-0.3, -0.25) is 9.59 Å². The number of halogens is 1. The summed E-state index contributed by atoms with van der Waals surface area (Å²) >= 11 is 0. The summed E-state index contributed by atoms with van der Waals surface area (Å²) in [5.41, 5.74) is 2.36. The lowest BCUT2D eigenvalue weighted by atomic mass is 10.1. The Morgan fingerprint density at radius 3 is 2.52 bits per heavy atom. The summed E-state index contributed by atoms with van der Waals surface area (Å²) in [6.07, 6.45) is 0. The van der Waals surface area contributed by atoms with Crippen LogP contribution in [0.15, 0.2) is 52.8 Å². The number of nitrogens with zero attached hydrogens (tertiary/aromatic N) is 4. The summed E-state index contributed by atoms with van der Waals surface area (Å²) in [6.45, 7) is 3.55. The van der Waals surface area contributed by atoms with Crippen LogP contribution in [0.5, 0.6) is 0 Å². The molecule has 0 spiro atoms. The summed E-state index contributed by atoms with van der Waals surface area (Å²) in [6, 6.07) is 10.0. The molecule has 2 unspecified atom stereocenters. The molecule has 0 saturated carbocycles. The lowest BCUT2D eigenvalue weighted by Crippen LogP contribution is -2.40. The highest BCUT2D eigenvalue weighted by atomic mass is 19.1. The van der Waals surface area contributed by atoms with Crippen molar-refractivity contribution in [3.05, 3.63) is 59.4 Å². The van der Waals surface area contributed by atoms with Crippen molar-refractivity contribution < 1.29 is 14.0 Å². The molecule has 0 aromatic heterocycles. The molecule has 6 nitrogen and oxygen atoms in total. The molecule has 0 bridgehead atoms. The predicted molar refractivity (Wildman–Crippen MR) is 89.7 cm³/mol. The first-order chi connectivity index (χ1) is 12.0. The van der Waals surface area contributed by atoms with Gasteiger partial charge in [0, 0.05) is 0 Å². The largest absolute Gasteiger partial charge is 0.271 e. The molecule has 2 aliphatic rings. The first-order valence-corrected chi connectivity index (χ1v) is 7.88. The standard InChI is InChI=1S/C18H15FN4O2/c1-10-4-3-5-13(8-10)23-16-15(20-21-23)17(24)22(18(16)25)12-7-6-11(2)14(19)9-12/h3-9,15-16H,1-2H3. The fourth-order valence-electron chi connectivity index (χ4n) is 3.12. The molecule has 0 radical (unpaired) electrons. The van der Waals surface area contributed by atoms with E-state index in [9.17, 15) is 14.0 Å². The van der Waals surface area contributed by atoms with Crippen LogP contribution in [0.3, 0.4) is 0 Å². The highest BCUT2D eigenvalue weighted by Crippen LogP contribution is 2.35. The summed E-state index contributed by atoms with van der Waals surface area (Å²) in [5, 5.41) is 9.45. The average molecular weight is 338 g/mol. The van der Waals surface area contributed by atoms with Gasteiger partial charge in [0.25, 0.3) is 11.8 Å². The van der Waals surface area contributed by atoms with Gasteiger partial charge in [0.2, 0.25) is 0 Å². The van der Waals surface area contributed by atoms with Gasteiger partial charge >= 0.3 is 0 Å². The van der Waals surface area contributed by atoms with Crippen LogP contribution < -0.4 is 9.91 Å². The number of imide groups is 1. The van der Waals surface area contributed by atoms with Crippen LogP contribution in [0.2, 0.25) is 0 Å². The van der Waals surface area contributed by atoms with Crippen molar-refractivity contribution in [2.75, 3.05) is 9.91 Å². The number of benzene rings is 2. The number of amides is 2. The fourth-order valence-corrected chi connectivity index (χ4v) is 3.12. The number of anilines is 2. The summed E-state index contributed by atoms with van der Waals surface area (Å²) in [5.74, 6) is -1.41. The fraction of sp³-hybridized carbons (Fsp3) is 0.222. The highest BCUT2D eigenvalue weighted by molar-refractivity contribution is 6.26. The molecule has 0 aliphatic carbocycles. The quantitative estimate of drug-likeness (QED) is 0.791. The normalized spacial score (nSPS) is 22.0. The zero-order chi connectivity index (χ0) is 17.7. The molecule has 0 N–H and O–H groups in total. The zero-order valence-corrected chi connectivity index (χ0v) is 13.7. The second kappa shape index (κ2) is 5.47. The first kappa shape index (κ1) is 15.4. The van der Waals surface area contributed by atoms with E-state index in [0.29, 0.717) is 11.3 Å². The van der Waals surface area contributed by atoms with Gasteiger partial charge in [0.1, 0.15) is 5.82 Å². The smallest absolute Gasteiger partial charge is 0.263 e. The van der Waals surface area contributed by atoms with Crippen LogP contribution in [0.25, 0.3) is 0 Å². The van der Waals surface area contributed by atoms with Gasteiger partial charge in [-0.15, -0.1) is 0 Å². The number of hydrogen-bond acceptors (Lipinski definition) is 5. The van der Waals surface area contributed by atoms with Gasteiger partial charge in [-0.05, 0) is 49.2 Å².